The van der Waals surface area contributed by atoms with Crippen LogP contribution in [0.15, 0.2) is 9.59 Å². The summed E-state index contributed by atoms with van der Waals surface area (Å²) in [6, 6.07) is 0. The summed E-state index contributed by atoms with van der Waals surface area (Å²) in [6.07, 6.45) is 0.606. The number of nitrogens with zero attached hydrogens (tertiary/aromatic N) is 4. The molecule has 0 spiro atoms. The molecule has 96 valence electrons. The second-order valence-corrected chi connectivity index (χ2v) is 3.93. The molecule has 0 aliphatic heterocycles. The number of rotatable bonds is 5. The smallest absolute Gasteiger partial charge is 0.354 e. The van der Waals surface area contributed by atoms with Crippen molar-refractivity contribution in [3.8, 4) is 0 Å². The van der Waals surface area contributed by atoms with Crippen molar-refractivity contribution < 1.29 is 4.74 Å². The van der Waals surface area contributed by atoms with Gasteiger partial charge in [0, 0.05) is 41.4 Å². The van der Waals surface area contributed by atoms with Gasteiger partial charge >= 0.3 is 11.4 Å². The average Bonchev–Trinajstić information content (AvgIpc) is 2.28. The van der Waals surface area contributed by atoms with Crippen molar-refractivity contribution in [2.75, 3.05) is 32.7 Å². The van der Waals surface area contributed by atoms with Crippen molar-refractivity contribution in [2.24, 2.45) is 7.05 Å². The lowest BCUT2D eigenvalue weighted by atomic mass is 10.4. The molecule has 1 rings (SSSR count). The molecule has 17 heavy (non-hydrogen) atoms. The van der Waals surface area contributed by atoms with Crippen LogP contribution in [-0.2, 0) is 18.3 Å². The normalized spacial score (nSPS) is 10.6. The molecule has 0 N–H and O–H groups in total. The summed E-state index contributed by atoms with van der Waals surface area (Å²) < 4.78 is 7.36. The summed E-state index contributed by atoms with van der Waals surface area (Å²) in [5.74, 6) is 0.350. The highest BCUT2D eigenvalue weighted by atomic mass is 16.5. The van der Waals surface area contributed by atoms with E-state index >= 15 is 0 Å². The van der Waals surface area contributed by atoms with E-state index in [9.17, 15) is 9.59 Å². The molecule has 0 bridgehead atoms. The van der Waals surface area contributed by atoms with E-state index < -0.39 is 5.69 Å². The van der Waals surface area contributed by atoms with Gasteiger partial charge in [0.05, 0.1) is 0 Å². The molecule has 0 atom stereocenters. The Balaban J connectivity index is 3.13. The number of anilines is 1. The van der Waals surface area contributed by atoms with Crippen molar-refractivity contribution >= 4 is 5.95 Å². The van der Waals surface area contributed by atoms with Gasteiger partial charge in [-0.2, -0.15) is 4.98 Å². The van der Waals surface area contributed by atoms with Crippen molar-refractivity contribution in [1.82, 2.24) is 14.1 Å². The quantitative estimate of drug-likeness (QED) is 0.622. The minimum atomic E-state index is -0.520. The first-order chi connectivity index (χ1) is 7.99. The van der Waals surface area contributed by atoms with Gasteiger partial charge in [-0.15, -0.1) is 0 Å². The Kier molecular flexibility index (Phi) is 4.45. The Bertz CT molecular complexity index is 489. The molecule has 0 saturated carbocycles. The number of aromatic nitrogens is 3. The average molecular weight is 242 g/mol. The topological polar surface area (TPSA) is 69.4 Å². The fourth-order valence-corrected chi connectivity index (χ4v) is 1.53. The third-order valence-corrected chi connectivity index (χ3v) is 2.37. The van der Waals surface area contributed by atoms with Gasteiger partial charge in [-0.3, -0.25) is 4.57 Å². The Morgan fingerprint density at radius 3 is 2.53 bits per heavy atom. The second kappa shape index (κ2) is 5.62. The third kappa shape index (κ3) is 2.94. The summed E-state index contributed by atoms with van der Waals surface area (Å²) in [7, 11) is 6.64. The van der Waals surface area contributed by atoms with Gasteiger partial charge in [-0.1, -0.05) is 0 Å². The Morgan fingerprint density at radius 1 is 1.35 bits per heavy atom. The summed E-state index contributed by atoms with van der Waals surface area (Å²) >= 11 is 0. The minimum Gasteiger partial charge on any atom is -0.385 e. The van der Waals surface area contributed by atoms with E-state index in [-0.39, 0.29) is 5.69 Å². The van der Waals surface area contributed by atoms with Gasteiger partial charge in [0.1, 0.15) is 0 Å². The summed E-state index contributed by atoms with van der Waals surface area (Å²) in [6.45, 7) is 0.824. The predicted molar refractivity (Wildman–Crippen MR) is 64.6 cm³/mol. The molecular weight excluding hydrogens is 224 g/mol. The summed E-state index contributed by atoms with van der Waals surface area (Å²) in [4.78, 5) is 29.1. The third-order valence-electron chi connectivity index (χ3n) is 2.37. The van der Waals surface area contributed by atoms with Crippen LogP contribution in [0.2, 0.25) is 0 Å². The van der Waals surface area contributed by atoms with Crippen LogP contribution in [0.25, 0.3) is 0 Å². The lowest BCUT2D eigenvalue weighted by Gasteiger charge is -2.15. The van der Waals surface area contributed by atoms with E-state index in [1.807, 2.05) is 0 Å². The molecule has 1 aromatic heterocycles. The van der Waals surface area contributed by atoms with Gasteiger partial charge < -0.3 is 9.64 Å². The Morgan fingerprint density at radius 2 is 2.00 bits per heavy atom. The van der Waals surface area contributed by atoms with Crippen LogP contribution in [0, 0.1) is 0 Å². The zero-order chi connectivity index (χ0) is 13.0. The van der Waals surface area contributed by atoms with Crippen LogP contribution in [0.1, 0.15) is 6.42 Å². The molecule has 0 aromatic carbocycles. The maximum absolute atomic E-state index is 11.9. The molecule has 0 unspecified atom stereocenters. The minimum absolute atomic E-state index is 0.319. The molecule has 0 aliphatic rings. The number of hydrogen-bond acceptors (Lipinski definition) is 5. The lowest BCUT2D eigenvalue weighted by molar-refractivity contribution is 0.189. The number of hydrogen-bond donors (Lipinski definition) is 0. The second-order valence-electron chi connectivity index (χ2n) is 3.93. The van der Waals surface area contributed by atoms with Crippen molar-refractivity contribution in [3.63, 3.8) is 0 Å². The van der Waals surface area contributed by atoms with E-state index in [4.69, 9.17) is 4.74 Å². The van der Waals surface area contributed by atoms with Crippen LogP contribution in [0.4, 0.5) is 5.95 Å². The molecule has 1 heterocycles. The first-order valence-electron chi connectivity index (χ1n) is 5.33. The van der Waals surface area contributed by atoms with Gasteiger partial charge in [0.15, 0.2) is 0 Å². The first-order valence-corrected chi connectivity index (χ1v) is 5.33. The van der Waals surface area contributed by atoms with Crippen LogP contribution in [-0.4, -0.2) is 41.9 Å². The standard InChI is InChI=1S/C10H18N4O3/c1-12(2)8-11-9(15)14(6-5-7-17-4)10(16)13(8)3/h5-7H2,1-4H3. The Labute approximate surface area is 99.3 Å². The van der Waals surface area contributed by atoms with E-state index in [0.29, 0.717) is 25.5 Å². The van der Waals surface area contributed by atoms with E-state index in [2.05, 4.69) is 4.98 Å². The lowest BCUT2D eigenvalue weighted by Crippen LogP contribution is -2.43. The molecule has 0 fully saturated rings. The molecule has 1 aromatic rings. The molecule has 0 amide bonds. The Hall–Kier alpha value is -1.63. The maximum Gasteiger partial charge on any atom is 0.354 e. The van der Waals surface area contributed by atoms with E-state index in [1.165, 1.54) is 4.57 Å². The van der Waals surface area contributed by atoms with Crippen LogP contribution >= 0.6 is 0 Å². The fourth-order valence-electron chi connectivity index (χ4n) is 1.53. The molecule has 0 radical (unpaired) electrons. The van der Waals surface area contributed by atoms with Crippen molar-refractivity contribution in [3.05, 3.63) is 21.0 Å². The van der Waals surface area contributed by atoms with Crippen molar-refractivity contribution in [1.29, 1.82) is 0 Å². The monoisotopic (exact) mass is 242 g/mol. The fraction of sp³-hybridized carbons (Fsp3) is 0.700. The predicted octanol–water partition coefficient (Wildman–Crippen LogP) is -0.955. The van der Waals surface area contributed by atoms with Gasteiger partial charge in [0.2, 0.25) is 5.95 Å². The highest BCUT2D eigenvalue weighted by molar-refractivity contribution is 5.25. The molecule has 0 aliphatic carbocycles. The largest absolute Gasteiger partial charge is 0.385 e. The first kappa shape index (κ1) is 13.4. The number of ether oxygens (including phenoxy) is 1. The molecular formula is C10H18N4O3. The maximum atomic E-state index is 11.9. The highest BCUT2D eigenvalue weighted by Gasteiger charge is 2.10. The molecule has 0 saturated heterocycles. The zero-order valence-electron chi connectivity index (χ0n) is 10.6. The van der Waals surface area contributed by atoms with Crippen LogP contribution in [0.5, 0.6) is 0 Å². The molecule has 7 heteroatoms. The molecule has 7 nitrogen and oxygen atoms in total. The van der Waals surface area contributed by atoms with Gasteiger partial charge in [0.25, 0.3) is 0 Å². The number of methoxy groups -OCH3 is 1. The van der Waals surface area contributed by atoms with Gasteiger partial charge in [-0.25, -0.2) is 14.2 Å². The summed E-state index contributed by atoms with van der Waals surface area (Å²) in [5.41, 5.74) is -0.877. The van der Waals surface area contributed by atoms with E-state index in [0.717, 1.165) is 4.57 Å². The van der Waals surface area contributed by atoms with E-state index in [1.54, 1.807) is 33.2 Å². The summed E-state index contributed by atoms with van der Waals surface area (Å²) in [5, 5.41) is 0. The van der Waals surface area contributed by atoms with Crippen LogP contribution < -0.4 is 16.3 Å². The van der Waals surface area contributed by atoms with Crippen LogP contribution in [0.3, 0.4) is 0 Å². The SMILES string of the molecule is COCCCn1c(=O)nc(N(C)C)n(C)c1=O. The zero-order valence-corrected chi connectivity index (χ0v) is 10.6. The van der Waals surface area contributed by atoms with Gasteiger partial charge in [-0.05, 0) is 6.42 Å². The highest BCUT2D eigenvalue weighted by Crippen LogP contribution is 1.97. The van der Waals surface area contributed by atoms with Crippen molar-refractivity contribution in [2.45, 2.75) is 13.0 Å².